The molecule has 1 unspecified atom stereocenters. The van der Waals surface area contributed by atoms with Gasteiger partial charge in [0.15, 0.2) is 0 Å². The van der Waals surface area contributed by atoms with Gasteiger partial charge >= 0.3 is 0 Å². The molecule has 1 rings (SSSR count). The molecule has 4 heteroatoms. The molecule has 2 nitrogen and oxygen atoms in total. The van der Waals surface area contributed by atoms with Crippen LogP contribution in [0.2, 0.25) is 0 Å². The first-order chi connectivity index (χ1) is 6.22. The second kappa shape index (κ2) is 5.73. The predicted molar refractivity (Wildman–Crippen MR) is 61.6 cm³/mol. The Balaban J connectivity index is 2.26. The molecule has 1 aromatic heterocycles. The van der Waals surface area contributed by atoms with Crippen molar-refractivity contribution in [3.8, 4) is 0 Å². The standard InChI is InChI=1S/C9H15BrN2S/c1-7(3-4-10)11-5-9-12-8(2)6-13-9/h6-7,11H,3-5H2,1-2H3. The van der Waals surface area contributed by atoms with Crippen molar-refractivity contribution >= 4 is 27.3 Å². The summed E-state index contributed by atoms with van der Waals surface area (Å²) < 4.78 is 0. The Kier molecular flexibility index (Phi) is 4.91. The smallest absolute Gasteiger partial charge is 0.107 e. The Bertz CT molecular complexity index is 250. The van der Waals surface area contributed by atoms with Crippen molar-refractivity contribution in [3.05, 3.63) is 16.1 Å². The summed E-state index contributed by atoms with van der Waals surface area (Å²) in [5, 5.41) is 7.75. The molecule has 1 N–H and O–H groups in total. The van der Waals surface area contributed by atoms with Crippen molar-refractivity contribution in [2.75, 3.05) is 5.33 Å². The number of alkyl halides is 1. The number of rotatable bonds is 5. The van der Waals surface area contributed by atoms with Gasteiger partial charge in [0.25, 0.3) is 0 Å². The minimum absolute atomic E-state index is 0.559. The average molecular weight is 263 g/mol. The quantitative estimate of drug-likeness (QED) is 0.826. The Labute approximate surface area is 91.9 Å². The Morgan fingerprint density at radius 1 is 1.69 bits per heavy atom. The molecule has 74 valence electrons. The van der Waals surface area contributed by atoms with E-state index in [-0.39, 0.29) is 0 Å². The molecule has 1 atom stereocenters. The highest BCUT2D eigenvalue weighted by atomic mass is 79.9. The summed E-state index contributed by atoms with van der Waals surface area (Å²) in [5.41, 5.74) is 1.12. The van der Waals surface area contributed by atoms with Crippen LogP contribution in [0.25, 0.3) is 0 Å². The molecule has 0 saturated carbocycles. The Morgan fingerprint density at radius 2 is 2.46 bits per heavy atom. The summed E-state index contributed by atoms with van der Waals surface area (Å²) in [6.07, 6.45) is 1.16. The zero-order valence-electron chi connectivity index (χ0n) is 8.01. The summed E-state index contributed by atoms with van der Waals surface area (Å²) in [4.78, 5) is 4.39. The van der Waals surface area contributed by atoms with Gasteiger partial charge in [0.1, 0.15) is 5.01 Å². The minimum atomic E-state index is 0.559. The number of hydrogen-bond donors (Lipinski definition) is 1. The van der Waals surface area contributed by atoms with Crippen LogP contribution >= 0.6 is 27.3 Å². The minimum Gasteiger partial charge on any atom is -0.308 e. The van der Waals surface area contributed by atoms with Gasteiger partial charge in [-0.3, -0.25) is 0 Å². The fourth-order valence-corrected chi connectivity index (χ4v) is 2.42. The summed E-state index contributed by atoms with van der Waals surface area (Å²) >= 11 is 5.15. The van der Waals surface area contributed by atoms with E-state index in [4.69, 9.17) is 0 Å². The van der Waals surface area contributed by atoms with Crippen molar-refractivity contribution in [1.29, 1.82) is 0 Å². The Hall–Kier alpha value is 0.0700. The van der Waals surface area contributed by atoms with E-state index < -0.39 is 0 Å². The molecule has 0 fully saturated rings. The molecule has 0 bridgehead atoms. The van der Waals surface area contributed by atoms with Crippen LogP contribution in [-0.4, -0.2) is 16.4 Å². The summed E-state index contributed by atoms with van der Waals surface area (Å²) in [5.74, 6) is 0. The van der Waals surface area contributed by atoms with Gasteiger partial charge in [0, 0.05) is 29.0 Å². The van der Waals surface area contributed by atoms with Crippen LogP contribution in [0.15, 0.2) is 5.38 Å². The van der Waals surface area contributed by atoms with Gasteiger partial charge in [-0.05, 0) is 20.3 Å². The molecule has 0 saturated heterocycles. The monoisotopic (exact) mass is 262 g/mol. The second-order valence-electron chi connectivity index (χ2n) is 3.14. The molecule has 0 amide bonds. The molecule has 0 spiro atoms. The van der Waals surface area contributed by atoms with E-state index >= 15 is 0 Å². The molecule has 0 aromatic carbocycles. The van der Waals surface area contributed by atoms with Gasteiger partial charge in [0.05, 0.1) is 0 Å². The number of aromatic nitrogens is 1. The first-order valence-corrected chi connectivity index (χ1v) is 6.43. The molecule has 0 aliphatic carbocycles. The molecule has 1 aromatic rings. The van der Waals surface area contributed by atoms with Gasteiger partial charge in [0.2, 0.25) is 0 Å². The molecule has 1 heterocycles. The van der Waals surface area contributed by atoms with Gasteiger partial charge < -0.3 is 5.32 Å². The van der Waals surface area contributed by atoms with E-state index in [1.54, 1.807) is 11.3 Å². The number of halogens is 1. The lowest BCUT2D eigenvalue weighted by Crippen LogP contribution is -2.25. The maximum Gasteiger partial charge on any atom is 0.107 e. The number of nitrogens with one attached hydrogen (secondary N) is 1. The predicted octanol–water partition coefficient (Wildman–Crippen LogP) is 2.71. The van der Waals surface area contributed by atoms with E-state index in [2.05, 4.69) is 38.5 Å². The molecular weight excluding hydrogens is 248 g/mol. The van der Waals surface area contributed by atoms with Crippen LogP contribution < -0.4 is 5.32 Å². The maximum atomic E-state index is 4.39. The second-order valence-corrected chi connectivity index (χ2v) is 4.88. The largest absolute Gasteiger partial charge is 0.308 e. The molecule has 13 heavy (non-hydrogen) atoms. The van der Waals surface area contributed by atoms with E-state index in [1.165, 1.54) is 5.01 Å². The number of hydrogen-bond acceptors (Lipinski definition) is 3. The zero-order valence-corrected chi connectivity index (χ0v) is 10.4. The Morgan fingerprint density at radius 3 is 3.00 bits per heavy atom. The van der Waals surface area contributed by atoms with Crippen LogP contribution in [0.4, 0.5) is 0 Å². The van der Waals surface area contributed by atoms with E-state index in [0.29, 0.717) is 6.04 Å². The number of aryl methyl sites for hydroxylation is 1. The average Bonchev–Trinajstić information content (AvgIpc) is 2.49. The first-order valence-electron chi connectivity index (χ1n) is 4.42. The third kappa shape index (κ3) is 4.20. The number of nitrogens with zero attached hydrogens (tertiary/aromatic N) is 1. The summed E-state index contributed by atoms with van der Waals surface area (Å²) in [6.45, 7) is 5.12. The van der Waals surface area contributed by atoms with Crippen molar-refractivity contribution in [2.45, 2.75) is 32.9 Å². The molecular formula is C9H15BrN2S. The third-order valence-corrected chi connectivity index (χ3v) is 3.23. The topological polar surface area (TPSA) is 24.9 Å². The molecule has 0 aliphatic heterocycles. The lowest BCUT2D eigenvalue weighted by Gasteiger charge is -2.09. The lowest BCUT2D eigenvalue weighted by molar-refractivity contribution is 0.537. The van der Waals surface area contributed by atoms with Crippen LogP contribution in [0.5, 0.6) is 0 Å². The lowest BCUT2D eigenvalue weighted by atomic mass is 10.3. The highest BCUT2D eigenvalue weighted by molar-refractivity contribution is 9.09. The number of thiazole rings is 1. The first kappa shape index (κ1) is 11.1. The third-order valence-electron chi connectivity index (χ3n) is 1.81. The van der Waals surface area contributed by atoms with Gasteiger partial charge in [-0.1, -0.05) is 15.9 Å². The maximum absolute atomic E-state index is 4.39. The van der Waals surface area contributed by atoms with Crippen LogP contribution in [0.3, 0.4) is 0 Å². The fraction of sp³-hybridized carbons (Fsp3) is 0.667. The van der Waals surface area contributed by atoms with E-state index in [9.17, 15) is 0 Å². The van der Waals surface area contributed by atoms with Crippen LogP contribution in [-0.2, 0) is 6.54 Å². The van der Waals surface area contributed by atoms with Crippen LogP contribution in [0.1, 0.15) is 24.0 Å². The van der Waals surface area contributed by atoms with Gasteiger partial charge in [-0.2, -0.15) is 0 Å². The molecule has 0 radical (unpaired) electrons. The van der Waals surface area contributed by atoms with Crippen molar-refractivity contribution in [3.63, 3.8) is 0 Å². The zero-order chi connectivity index (χ0) is 9.68. The molecule has 0 aliphatic rings. The van der Waals surface area contributed by atoms with E-state index in [0.717, 1.165) is 24.0 Å². The summed E-state index contributed by atoms with van der Waals surface area (Å²) in [6, 6.07) is 0.559. The summed E-state index contributed by atoms with van der Waals surface area (Å²) in [7, 11) is 0. The van der Waals surface area contributed by atoms with E-state index in [1.807, 2.05) is 6.92 Å². The normalized spacial score (nSPS) is 13.2. The highest BCUT2D eigenvalue weighted by Gasteiger charge is 2.02. The van der Waals surface area contributed by atoms with Gasteiger partial charge in [-0.15, -0.1) is 11.3 Å². The van der Waals surface area contributed by atoms with Crippen LogP contribution in [0, 0.1) is 6.92 Å². The fourth-order valence-electron chi connectivity index (χ4n) is 1.01. The highest BCUT2D eigenvalue weighted by Crippen LogP contribution is 2.08. The van der Waals surface area contributed by atoms with Gasteiger partial charge in [-0.25, -0.2) is 4.98 Å². The van der Waals surface area contributed by atoms with Crippen molar-refractivity contribution in [2.24, 2.45) is 0 Å². The van der Waals surface area contributed by atoms with Crippen molar-refractivity contribution in [1.82, 2.24) is 10.3 Å². The van der Waals surface area contributed by atoms with Crippen molar-refractivity contribution < 1.29 is 0 Å². The SMILES string of the molecule is Cc1csc(CNC(C)CCBr)n1.